The maximum atomic E-state index is 10.0. The first kappa shape index (κ1) is 13.0. The smallest absolute Gasteiger partial charge is 0.0693 e. The zero-order chi connectivity index (χ0) is 11.3. The lowest BCUT2D eigenvalue weighted by Gasteiger charge is -2.29. The van der Waals surface area contributed by atoms with Crippen LogP contribution in [0.5, 0.6) is 0 Å². The molecule has 0 aromatic heterocycles. The summed E-state index contributed by atoms with van der Waals surface area (Å²) in [6.07, 6.45) is 6.90. The van der Waals surface area contributed by atoms with Crippen molar-refractivity contribution in [3.63, 3.8) is 0 Å². The predicted molar refractivity (Wildman–Crippen MR) is 64.9 cm³/mol. The van der Waals surface area contributed by atoms with Crippen LogP contribution < -0.4 is 5.32 Å². The molecule has 0 spiro atoms. The van der Waals surface area contributed by atoms with Crippen molar-refractivity contribution in [3.05, 3.63) is 0 Å². The van der Waals surface area contributed by atoms with E-state index in [1.165, 1.54) is 19.3 Å². The normalized spacial score (nSPS) is 30.2. The molecule has 0 bridgehead atoms. The van der Waals surface area contributed by atoms with Gasteiger partial charge in [0.25, 0.3) is 0 Å². The fraction of sp³-hybridized carbons (Fsp3) is 1.00. The van der Waals surface area contributed by atoms with E-state index in [-0.39, 0.29) is 6.10 Å². The first-order valence-electron chi connectivity index (χ1n) is 6.59. The molecule has 3 atom stereocenters. The Balaban J connectivity index is 2.45. The Hall–Kier alpha value is -0.0800. The molecule has 3 unspecified atom stereocenters. The zero-order valence-corrected chi connectivity index (χ0v) is 10.5. The lowest BCUT2D eigenvalue weighted by Crippen LogP contribution is -2.46. The molecule has 2 N–H and O–H groups in total. The molecule has 15 heavy (non-hydrogen) atoms. The van der Waals surface area contributed by atoms with Gasteiger partial charge in [-0.1, -0.05) is 40.0 Å². The Morgan fingerprint density at radius 1 is 1.20 bits per heavy atom. The van der Waals surface area contributed by atoms with E-state index in [2.05, 4.69) is 26.1 Å². The average Bonchev–Trinajstić information content (AvgIpc) is 2.39. The van der Waals surface area contributed by atoms with Gasteiger partial charge in [-0.25, -0.2) is 0 Å². The number of aliphatic hydroxyl groups is 1. The zero-order valence-electron chi connectivity index (χ0n) is 10.5. The third kappa shape index (κ3) is 4.12. The van der Waals surface area contributed by atoms with Crippen molar-refractivity contribution in [2.24, 2.45) is 5.92 Å². The molecule has 0 saturated heterocycles. The van der Waals surface area contributed by atoms with E-state index in [1.54, 1.807) is 0 Å². The molecule has 1 fully saturated rings. The molecule has 0 aromatic rings. The van der Waals surface area contributed by atoms with Gasteiger partial charge in [-0.05, 0) is 25.2 Å². The monoisotopic (exact) mass is 213 g/mol. The maximum Gasteiger partial charge on any atom is 0.0693 e. The van der Waals surface area contributed by atoms with Gasteiger partial charge in [0.05, 0.1) is 6.10 Å². The van der Waals surface area contributed by atoms with E-state index in [9.17, 15) is 5.11 Å². The quantitative estimate of drug-likeness (QED) is 0.704. The molecule has 1 aliphatic carbocycles. The number of hydrogen-bond acceptors (Lipinski definition) is 2. The minimum absolute atomic E-state index is 0.125. The third-order valence-corrected chi connectivity index (χ3v) is 3.65. The van der Waals surface area contributed by atoms with Gasteiger partial charge in [0.2, 0.25) is 0 Å². The van der Waals surface area contributed by atoms with Crippen molar-refractivity contribution in [1.82, 2.24) is 5.32 Å². The molecule has 1 rings (SSSR count). The fourth-order valence-electron chi connectivity index (χ4n) is 2.54. The average molecular weight is 213 g/mol. The van der Waals surface area contributed by atoms with Crippen LogP contribution >= 0.6 is 0 Å². The molecule has 0 amide bonds. The van der Waals surface area contributed by atoms with Crippen LogP contribution in [-0.2, 0) is 0 Å². The van der Waals surface area contributed by atoms with Crippen LogP contribution in [0.1, 0.15) is 59.3 Å². The van der Waals surface area contributed by atoms with E-state index < -0.39 is 0 Å². The van der Waals surface area contributed by atoms with E-state index in [1.807, 2.05) is 0 Å². The van der Waals surface area contributed by atoms with Crippen molar-refractivity contribution in [1.29, 1.82) is 0 Å². The van der Waals surface area contributed by atoms with Crippen molar-refractivity contribution < 1.29 is 5.11 Å². The summed E-state index contributed by atoms with van der Waals surface area (Å²) in [5.74, 6) is 0.658. The van der Waals surface area contributed by atoms with Crippen molar-refractivity contribution in [2.75, 3.05) is 0 Å². The highest BCUT2D eigenvalue weighted by Crippen LogP contribution is 2.20. The Morgan fingerprint density at radius 3 is 2.47 bits per heavy atom. The Kier molecular flexibility index (Phi) is 5.62. The summed E-state index contributed by atoms with van der Waals surface area (Å²) in [7, 11) is 0. The molecule has 0 aliphatic heterocycles. The summed E-state index contributed by atoms with van der Waals surface area (Å²) in [4.78, 5) is 0. The van der Waals surface area contributed by atoms with E-state index in [0.29, 0.717) is 18.0 Å². The highest BCUT2D eigenvalue weighted by molar-refractivity contribution is 4.83. The molecule has 0 aromatic carbocycles. The number of hydrogen-bond donors (Lipinski definition) is 2. The van der Waals surface area contributed by atoms with Gasteiger partial charge in [0, 0.05) is 12.1 Å². The molecule has 0 radical (unpaired) electrons. The number of aliphatic hydroxyl groups excluding tert-OH is 1. The highest BCUT2D eigenvalue weighted by Gasteiger charge is 2.24. The largest absolute Gasteiger partial charge is 0.392 e. The van der Waals surface area contributed by atoms with Crippen molar-refractivity contribution in [2.45, 2.75) is 77.5 Å². The van der Waals surface area contributed by atoms with Gasteiger partial charge < -0.3 is 10.4 Å². The standard InChI is InChI=1S/C13H27NO/c1-4-11(10(2)3)14-12-8-6-5-7-9-13(12)15/h10-15H,4-9H2,1-3H3. The van der Waals surface area contributed by atoms with Crippen LogP contribution in [0.2, 0.25) is 0 Å². The molecule has 1 aliphatic rings. The Morgan fingerprint density at radius 2 is 1.87 bits per heavy atom. The molecule has 2 heteroatoms. The van der Waals surface area contributed by atoms with Crippen molar-refractivity contribution in [3.8, 4) is 0 Å². The summed E-state index contributed by atoms with van der Waals surface area (Å²) in [5, 5.41) is 13.7. The van der Waals surface area contributed by atoms with Crippen LogP contribution in [0.3, 0.4) is 0 Å². The van der Waals surface area contributed by atoms with Gasteiger partial charge in [-0.2, -0.15) is 0 Å². The number of rotatable bonds is 4. The van der Waals surface area contributed by atoms with Crippen LogP contribution in [0, 0.1) is 5.92 Å². The summed E-state index contributed by atoms with van der Waals surface area (Å²) in [5.41, 5.74) is 0. The van der Waals surface area contributed by atoms with Gasteiger partial charge in [-0.3, -0.25) is 0 Å². The lowest BCUT2D eigenvalue weighted by atomic mass is 9.98. The first-order chi connectivity index (χ1) is 7.15. The highest BCUT2D eigenvalue weighted by atomic mass is 16.3. The minimum atomic E-state index is -0.125. The second kappa shape index (κ2) is 6.49. The van der Waals surface area contributed by atoms with Gasteiger partial charge in [0.1, 0.15) is 0 Å². The Bertz CT molecular complexity index is 170. The van der Waals surface area contributed by atoms with Gasteiger partial charge in [-0.15, -0.1) is 0 Å². The molecule has 1 saturated carbocycles. The van der Waals surface area contributed by atoms with Gasteiger partial charge in [0.15, 0.2) is 0 Å². The SMILES string of the molecule is CCC(NC1CCCCCC1O)C(C)C. The molecule has 2 nitrogen and oxygen atoms in total. The minimum Gasteiger partial charge on any atom is -0.392 e. The van der Waals surface area contributed by atoms with Crippen LogP contribution in [-0.4, -0.2) is 23.3 Å². The van der Waals surface area contributed by atoms with Crippen LogP contribution in [0.15, 0.2) is 0 Å². The van der Waals surface area contributed by atoms with Crippen LogP contribution in [0.25, 0.3) is 0 Å². The third-order valence-electron chi connectivity index (χ3n) is 3.65. The maximum absolute atomic E-state index is 10.0. The molecule has 0 heterocycles. The summed E-state index contributed by atoms with van der Waals surface area (Å²) in [6.45, 7) is 6.73. The molecular formula is C13H27NO. The van der Waals surface area contributed by atoms with E-state index in [4.69, 9.17) is 0 Å². The summed E-state index contributed by atoms with van der Waals surface area (Å²) in [6, 6.07) is 0.891. The topological polar surface area (TPSA) is 32.3 Å². The first-order valence-corrected chi connectivity index (χ1v) is 6.59. The van der Waals surface area contributed by atoms with E-state index in [0.717, 1.165) is 19.3 Å². The van der Waals surface area contributed by atoms with E-state index >= 15 is 0 Å². The van der Waals surface area contributed by atoms with Crippen molar-refractivity contribution >= 4 is 0 Å². The molecule has 90 valence electrons. The second-order valence-electron chi connectivity index (χ2n) is 5.24. The molecular weight excluding hydrogens is 186 g/mol. The van der Waals surface area contributed by atoms with Crippen LogP contribution in [0.4, 0.5) is 0 Å². The van der Waals surface area contributed by atoms with Gasteiger partial charge >= 0.3 is 0 Å². The Labute approximate surface area is 94.5 Å². The predicted octanol–water partition coefficient (Wildman–Crippen LogP) is 2.70. The fourth-order valence-corrected chi connectivity index (χ4v) is 2.54. The summed E-state index contributed by atoms with van der Waals surface area (Å²) >= 11 is 0. The summed E-state index contributed by atoms with van der Waals surface area (Å²) < 4.78 is 0. The second-order valence-corrected chi connectivity index (χ2v) is 5.24. The lowest BCUT2D eigenvalue weighted by molar-refractivity contribution is 0.108. The number of nitrogens with one attached hydrogen (secondary N) is 1.